The van der Waals surface area contributed by atoms with E-state index in [0.29, 0.717) is 19.1 Å². The Bertz CT molecular complexity index is 624. The molecule has 0 unspecified atom stereocenters. The van der Waals surface area contributed by atoms with Crippen LogP contribution in [0.2, 0.25) is 0 Å². The Labute approximate surface area is 136 Å². The van der Waals surface area contributed by atoms with E-state index >= 15 is 0 Å². The molecule has 116 valence electrons. The van der Waals surface area contributed by atoms with Crippen molar-refractivity contribution < 1.29 is 4.79 Å². The molecule has 1 aliphatic heterocycles. The van der Waals surface area contributed by atoms with Crippen molar-refractivity contribution in [1.82, 2.24) is 10.2 Å². The fourth-order valence-electron chi connectivity index (χ4n) is 3.06. The van der Waals surface area contributed by atoms with E-state index in [1.165, 1.54) is 22.4 Å². The number of nitrogens with zero attached hydrogens (tertiary/aromatic N) is 1. The van der Waals surface area contributed by atoms with Crippen molar-refractivity contribution in [3.63, 3.8) is 0 Å². The summed E-state index contributed by atoms with van der Waals surface area (Å²) in [4.78, 5) is 15.9. The normalized spacial score (nSPS) is 18.5. The Morgan fingerprint density at radius 1 is 1.32 bits per heavy atom. The zero-order valence-corrected chi connectivity index (χ0v) is 13.7. The number of hydrogen-bond donors (Lipinski definition) is 1. The smallest absolute Gasteiger partial charge is 0.234 e. The number of carbonyl (C=O) groups is 1. The van der Waals surface area contributed by atoms with Gasteiger partial charge < -0.3 is 5.32 Å². The number of likely N-dealkylation sites (tertiary alicyclic amines) is 1. The number of amides is 1. The molecule has 1 aliphatic rings. The van der Waals surface area contributed by atoms with Gasteiger partial charge >= 0.3 is 0 Å². The third kappa shape index (κ3) is 3.57. The maximum atomic E-state index is 12.2. The van der Waals surface area contributed by atoms with E-state index in [1.54, 1.807) is 11.3 Å². The molecule has 3 rings (SSSR count). The molecule has 0 radical (unpaired) electrons. The van der Waals surface area contributed by atoms with Gasteiger partial charge in [0.1, 0.15) is 0 Å². The van der Waals surface area contributed by atoms with Gasteiger partial charge in [0, 0.05) is 17.5 Å². The highest BCUT2D eigenvalue weighted by molar-refractivity contribution is 7.10. The molecule has 1 N–H and O–H groups in total. The minimum absolute atomic E-state index is 0.117. The molecule has 1 amide bonds. The topological polar surface area (TPSA) is 32.3 Å². The molecule has 0 spiro atoms. The Kier molecular flexibility index (Phi) is 4.90. The van der Waals surface area contributed by atoms with E-state index in [-0.39, 0.29) is 5.91 Å². The summed E-state index contributed by atoms with van der Waals surface area (Å²) in [6.07, 6.45) is 2.33. The van der Waals surface area contributed by atoms with Crippen LogP contribution in [0.1, 0.15) is 34.9 Å². The van der Waals surface area contributed by atoms with Crippen molar-refractivity contribution in [1.29, 1.82) is 0 Å². The van der Waals surface area contributed by atoms with Gasteiger partial charge in [-0.15, -0.1) is 11.3 Å². The van der Waals surface area contributed by atoms with Gasteiger partial charge in [-0.3, -0.25) is 9.69 Å². The molecular formula is C18H22N2OS. The second-order valence-electron chi connectivity index (χ2n) is 5.85. The molecular weight excluding hydrogens is 292 g/mol. The molecule has 4 heteroatoms. The maximum Gasteiger partial charge on any atom is 0.234 e. The van der Waals surface area contributed by atoms with Crippen LogP contribution in [0.4, 0.5) is 0 Å². The average molecular weight is 314 g/mol. The molecule has 1 aromatic heterocycles. The number of nitrogens with one attached hydrogen (secondary N) is 1. The average Bonchev–Trinajstić information content (AvgIpc) is 3.17. The monoisotopic (exact) mass is 314 g/mol. The summed E-state index contributed by atoms with van der Waals surface area (Å²) in [5.74, 6) is 0.117. The molecule has 1 fully saturated rings. The van der Waals surface area contributed by atoms with E-state index < -0.39 is 0 Å². The van der Waals surface area contributed by atoms with E-state index in [0.717, 1.165) is 13.0 Å². The molecule has 1 atom stereocenters. The molecule has 2 heterocycles. The predicted molar refractivity (Wildman–Crippen MR) is 90.9 cm³/mol. The second kappa shape index (κ2) is 7.07. The highest BCUT2D eigenvalue weighted by atomic mass is 32.1. The minimum atomic E-state index is 0.117. The summed E-state index contributed by atoms with van der Waals surface area (Å²) in [5.41, 5.74) is 2.41. The van der Waals surface area contributed by atoms with E-state index in [9.17, 15) is 4.79 Å². The van der Waals surface area contributed by atoms with Crippen molar-refractivity contribution in [2.45, 2.75) is 32.4 Å². The molecule has 1 aromatic carbocycles. The summed E-state index contributed by atoms with van der Waals surface area (Å²) in [7, 11) is 0. The standard InChI is InChI=1S/C18H22N2OS/c1-14-6-2-3-7-15(14)12-19-18(21)13-20-10-4-8-16(20)17-9-5-11-22-17/h2-3,5-7,9,11,16H,4,8,10,12-13H2,1H3,(H,19,21)/t16-/m0/s1. The van der Waals surface area contributed by atoms with Crippen LogP contribution in [0, 0.1) is 6.92 Å². The van der Waals surface area contributed by atoms with Crippen LogP contribution < -0.4 is 5.32 Å². The fraction of sp³-hybridized carbons (Fsp3) is 0.389. The van der Waals surface area contributed by atoms with E-state index in [4.69, 9.17) is 0 Å². The van der Waals surface area contributed by atoms with E-state index in [2.05, 4.69) is 46.8 Å². The number of thiophene rings is 1. The second-order valence-corrected chi connectivity index (χ2v) is 6.83. The SMILES string of the molecule is Cc1ccccc1CNC(=O)CN1CCC[C@H]1c1cccs1. The van der Waals surface area contributed by atoms with Crippen LogP contribution in [0.5, 0.6) is 0 Å². The van der Waals surface area contributed by atoms with Gasteiger partial charge in [-0.05, 0) is 48.9 Å². The lowest BCUT2D eigenvalue weighted by Gasteiger charge is -2.23. The zero-order chi connectivity index (χ0) is 15.4. The minimum Gasteiger partial charge on any atom is -0.351 e. The number of rotatable bonds is 5. The quantitative estimate of drug-likeness (QED) is 0.916. The van der Waals surface area contributed by atoms with Crippen LogP contribution in [0.15, 0.2) is 41.8 Å². The van der Waals surface area contributed by atoms with Crippen LogP contribution in [-0.2, 0) is 11.3 Å². The lowest BCUT2D eigenvalue weighted by molar-refractivity contribution is -0.122. The first-order chi connectivity index (χ1) is 10.7. The maximum absolute atomic E-state index is 12.2. The van der Waals surface area contributed by atoms with Crippen LogP contribution in [0.3, 0.4) is 0 Å². The van der Waals surface area contributed by atoms with Gasteiger partial charge in [-0.1, -0.05) is 30.3 Å². The summed E-state index contributed by atoms with van der Waals surface area (Å²) in [6, 6.07) is 12.9. The first kappa shape index (κ1) is 15.3. The largest absolute Gasteiger partial charge is 0.351 e. The van der Waals surface area contributed by atoms with Crippen molar-refractivity contribution in [2.75, 3.05) is 13.1 Å². The van der Waals surface area contributed by atoms with Gasteiger partial charge in [0.2, 0.25) is 5.91 Å². The molecule has 1 saturated heterocycles. The Balaban J connectivity index is 1.54. The lowest BCUT2D eigenvalue weighted by Crippen LogP contribution is -2.36. The van der Waals surface area contributed by atoms with Crippen molar-refractivity contribution in [3.05, 3.63) is 57.8 Å². The number of hydrogen-bond acceptors (Lipinski definition) is 3. The first-order valence-corrected chi connectivity index (χ1v) is 8.70. The Hall–Kier alpha value is -1.65. The summed E-state index contributed by atoms with van der Waals surface area (Å²) >= 11 is 1.79. The third-order valence-electron chi connectivity index (χ3n) is 4.32. The van der Waals surface area contributed by atoms with Gasteiger partial charge in [0.05, 0.1) is 6.54 Å². The lowest BCUT2D eigenvalue weighted by atomic mass is 10.1. The summed E-state index contributed by atoms with van der Waals surface area (Å²) < 4.78 is 0. The van der Waals surface area contributed by atoms with Gasteiger partial charge in [-0.2, -0.15) is 0 Å². The Morgan fingerprint density at radius 2 is 2.18 bits per heavy atom. The van der Waals surface area contributed by atoms with Crippen LogP contribution in [-0.4, -0.2) is 23.9 Å². The summed E-state index contributed by atoms with van der Waals surface area (Å²) in [6.45, 7) is 4.20. The zero-order valence-electron chi connectivity index (χ0n) is 12.9. The van der Waals surface area contributed by atoms with E-state index in [1.807, 2.05) is 12.1 Å². The Morgan fingerprint density at radius 3 is 2.95 bits per heavy atom. The highest BCUT2D eigenvalue weighted by Gasteiger charge is 2.27. The molecule has 0 saturated carbocycles. The van der Waals surface area contributed by atoms with Crippen LogP contribution >= 0.6 is 11.3 Å². The van der Waals surface area contributed by atoms with Gasteiger partial charge in [0.25, 0.3) is 0 Å². The molecule has 22 heavy (non-hydrogen) atoms. The molecule has 0 aliphatic carbocycles. The summed E-state index contributed by atoms with van der Waals surface area (Å²) in [5, 5.41) is 5.17. The highest BCUT2D eigenvalue weighted by Crippen LogP contribution is 2.33. The fourth-order valence-corrected chi connectivity index (χ4v) is 3.96. The van der Waals surface area contributed by atoms with Crippen LogP contribution in [0.25, 0.3) is 0 Å². The predicted octanol–water partition coefficient (Wildman–Crippen LogP) is 3.51. The van der Waals surface area contributed by atoms with Crippen molar-refractivity contribution >= 4 is 17.2 Å². The number of carbonyl (C=O) groups excluding carboxylic acids is 1. The molecule has 3 nitrogen and oxygen atoms in total. The molecule has 0 bridgehead atoms. The first-order valence-electron chi connectivity index (χ1n) is 7.82. The molecule has 2 aromatic rings. The number of benzene rings is 1. The van der Waals surface area contributed by atoms with Crippen molar-refractivity contribution in [2.24, 2.45) is 0 Å². The van der Waals surface area contributed by atoms with Gasteiger partial charge in [0.15, 0.2) is 0 Å². The number of aryl methyl sites for hydroxylation is 1. The third-order valence-corrected chi connectivity index (χ3v) is 5.29. The van der Waals surface area contributed by atoms with Crippen molar-refractivity contribution in [3.8, 4) is 0 Å². The van der Waals surface area contributed by atoms with Gasteiger partial charge in [-0.25, -0.2) is 0 Å².